The van der Waals surface area contributed by atoms with Gasteiger partial charge < -0.3 is 16.0 Å². The first-order chi connectivity index (χ1) is 7.49. The van der Waals surface area contributed by atoms with Crippen molar-refractivity contribution in [1.29, 1.82) is 0 Å². The zero-order valence-corrected chi connectivity index (χ0v) is 11.2. The van der Waals surface area contributed by atoms with Crippen molar-refractivity contribution in [3.05, 3.63) is 0 Å². The third-order valence-corrected chi connectivity index (χ3v) is 2.56. The fourth-order valence-corrected chi connectivity index (χ4v) is 1.43. The van der Waals surface area contributed by atoms with Crippen LogP contribution in [-0.2, 0) is 4.79 Å². The fourth-order valence-electron chi connectivity index (χ4n) is 1.43. The van der Waals surface area contributed by atoms with Crippen molar-refractivity contribution in [2.24, 2.45) is 16.8 Å². The molecule has 0 heterocycles. The Labute approximate surface area is 108 Å². The fraction of sp³-hybridized carbons (Fsp3) is 0.818. The molecule has 6 heteroatoms. The van der Waals surface area contributed by atoms with E-state index in [0.29, 0.717) is 18.6 Å². The Bertz CT molecular complexity index is 245. The van der Waals surface area contributed by atoms with Crippen LogP contribution in [0.3, 0.4) is 0 Å². The van der Waals surface area contributed by atoms with Gasteiger partial charge in [-0.05, 0) is 25.2 Å². The topological polar surface area (TPSA) is 95.9 Å². The van der Waals surface area contributed by atoms with Crippen LogP contribution in [0.2, 0.25) is 0 Å². The van der Waals surface area contributed by atoms with Crippen LogP contribution in [0.25, 0.3) is 0 Å². The zero-order chi connectivity index (χ0) is 12.6. The van der Waals surface area contributed by atoms with Crippen molar-refractivity contribution in [2.45, 2.75) is 52.0 Å². The highest BCUT2D eigenvalue weighted by Gasteiger charge is 2.15. The number of halogens is 1. The number of carboxylic acid groups (broad SMARTS) is 1. The molecule has 1 unspecified atom stereocenters. The molecule has 0 aliphatic heterocycles. The molecule has 0 rings (SSSR count). The van der Waals surface area contributed by atoms with Gasteiger partial charge in [0.2, 0.25) is 0 Å². The largest absolute Gasteiger partial charge is 0.481 e. The molecule has 1 atom stereocenters. The Balaban J connectivity index is 0. The monoisotopic (exact) mass is 266 g/mol. The standard InChI is InChI=1S/C11H22N2O3.ClH/c1-8(2)11(12)9(13-16)6-4-3-5-7-10(14)15;/h8,11,16H,3-7,12H2,1-2H3,(H,14,15);1H/b13-9+;. The van der Waals surface area contributed by atoms with E-state index in [4.69, 9.17) is 16.0 Å². The molecule has 0 radical (unpaired) electrons. The molecule has 5 nitrogen and oxygen atoms in total. The third-order valence-electron chi connectivity index (χ3n) is 2.56. The maximum absolute atomic E-state index is 10.3. The highest BCUT2D eigenvalue weighted by molar-refractivity contribution is 5.89. The van der Waals surface area contributed by atoms with Gasteiger partial charge in [0.05, 0.1) is 5.71 Å². The lowest BCUT2D eigenvalue weighted by molar-refractivity contribution is -0.137. The van der Waals surface area contributed by atoms with E-state index in [9.17, 15) is 4.79 Å². The van der Waals surface area contributed by atoms with E-state index < -0.39 is 5.97 Å². The van der Waals surface area contributed by atoms with Crippen molar-refractivity contribution >= 4 is 24.1 Å². The Morgan fingerprint density at radius 3 is 2.18 bits per heavy atom. The van der Waals surface area contributed by atoms with Gasteiger partial charge in [-0.2, -0.15) is 0 Å². The molecule has 0 aliphatic rings. The van der Waals surface area contributed by atoms with Crippen molar-refractivity contribution in [3.8, 4) is 0 Å². The molecule has 0 aromatic heterocycles. The Morgan fingerprint density at radius 2 is 1.76 bits per heavy atom. The number of hydrogen-bond acceptors (Lipinski definition) is 4. The first kappa shape index (κ1) is 18.6. The summed E-state index contributed by atoms with van der Waals surface area (Å²) < 4.78 is 0. The van der Waals surface area contributed by atoms with Gasteiger partial charge in [0, 0.05) is 12.5 Å². The summed E-state index contributed by atoms with van der Waals surface area (Å²) in [5.41, 5.74) is 6.45. The molecular formula is C11H23ClN2O3. The van der Waals surface area contributed by atoms with Gasteiger partial charge in [0.25, 0.3) is 0 Å². The predicted octanol–water partition coefficient (Wildman–Crippen LogP) is 2.26. The summed E-state index contributed by atoms with van der Waals surface area (Å²) in [5, 5.41) is 20.5. The maximum Gasteiger partial charge on any atom is 0.303 e. The summed E-state index contributed by atoms with van der Waals surface area (Å²) in [7, 11) is 0. The number of carbonyl (C=O) groups is 1. The van der Waals surface area contributed by atoms with Crippen molar-refractivity contribution in [3.63, 3.8) is 0 Å². The Hall–Kier alpha value is -0.810. The van der Waals surface area contributed by atoms with Crippen molar-refractivity contribution in [1.82, 2.24) is 0 Å². The number of oxime groups is 1. The van der Waals surface area contributed by atoms with Crippen LogP contribution in [-0.4, -0.2) is 28.0 Å². The average Bonchev–Trinajstić information content (AvgIpc) is 2.22. The van der Waals surface area contributed by atoms with Crippen LogP contribution in [0, 0.1) is 5.92 Å². The number of rotatable bonds is 8. The number of hydrogen-bond donors (Lipinski definition) is 3. The molecule has 0 bridgehead atoms. The summed E-state index contributed by atoms with van der Waals surface area (Å²) in [5.74, 6) is -0.528. The molecule has 4 N–H and O–H groups in total. The van der Waals surface area contributed by atoms with Gasteiger partial charge in [-0.1, -0.05) is 25.4 Å². The molecular weight excluding hydrogens is 244 g/mol. The minimum absolute atomic E-state index is 0. The second kappa shape index (κ2) is 10.4. The van der Waals surface area contributed by atoms with Crippen LogP contribution in [0.15, 0.2) is 5.16 Å². The molecule has 0 saturated heterocycles. The van der Waals surface area contributed by atoms with E-state index in [-0.39, 0.29) is 30.8 Å². The molecule has 0 aromatic rings. The molecule has 0 saturated carbocycles. The van der Waals surface area contributed by atoms with Crippen LogP contribution in [0.1, 0.15) is 46.0 Å². The average molecular weight is 267 g/mol. The first-order valence-corrected chi connectivity index (χ1v) is 5.67. The van der Waals surface area contributed by atoms with E-state index in [1.165, 1.54) is 0 Å². The van der Waals surface area contributed by atoms with Crippen LogP contribution >= 0.6 is 12.4 Å². The van der Waals surface area contributed by atoms with Crippen molar-refractivity contribution < 1.29 is 15.1 Å². The molecule has 0 amide bonds. The molecule has 17 heavy (non-hydrogen) atoms. The summed E-state index contributed by atoms with van der Waals surface area (Å²) in [6, 6.07) is -0.218. The lowest BCUT2D eigenvalue weighted by atomic mass is 9.96. The van der Waals surface area contributed by atoms with Gasteiger partial charge >= 0.3 is 5.97 Å². The SMILES string of the molecule is CC(C)C(N)/C(CCCCCC(=O)O)=N/O.Cl. The van der Waals surface area contributed by atoms with Gasteiger partial charge in [0.15, 0.2) is 0 Å². The summed E-state index contributed by atoms with van der Waals surface area (Å²) >= 11 is 0. The second-order valence-corrected chi connectivity index (χ2v) is 4.32. The normalized spacial score (nSPS) is 13.3. The molecule has 102 valence electrons. The summed E-state index contributed by atoms with van der Waals surface area (Å²) in [4.78, 5) is 10.3. The van der Waals surface area contributed by atoms with E-state index in [1.54, 1.807) is 0 Å². The summed E-state index contributed by atoms with van der Waals surface area (Å²) in [6.45, 7) is 3.94. The van der Waals surface area contributed by atoms with Crippen LogP contribution in [0.4, 0.5) is 0 Å². The molecule has 0 spiro atoms. The number of nitrogens with two attached hydrogens (primary N) is 1. The minimum atomic E-state index is -0.769. The zero-order valence-electron chi connectivity index (χ0n) is 10.4. The van der Waals surface area contributed by atoms with E-state index in [2.05, 4.69) is 5.16 Å². The minimum Gasteiger partial charge on any atom is -0.481 e. The lowest BCUT2D eigenvalue weighted by Gasteiger charge is -2.16. The van der Waals surface area contributed by atoms with Gasteiger partial charge in [-0.15, -0.1) is 12.4 Å². The van der Waals surface area contributed by atoms with Crippen molar-refractivity contribution in [2.75, 3.05) is 0 Å². The second-order valence-electron chi connectivity index (χ2n) is 4.32. The van der Waals surface area contributed by atoms with Crippen LogP contribution in [0.5, 0.6) is 0 Å². The number of aliphatic carboxylic acids is 1. The van der Waals surface area contributed by atoms with E-state index >= 15 is 0 Å². The smallest absolute Gasteiger partial charge is 0.303 e. The molecule has 0 aliphatic carbocycles. The first-order valence-electron chi connectivity index (χ1n) is 5.67. The molecule has 0 aromatic carbocycles. The molecule has 0 fully saturated rings. The van der Waals surface area contributed by atoms with Crippen LogP contribution < -0.4 is 5.73 Å². The number of nitrogens with zero attached hydrogens (tertiary/aromatic N) is 1. The number of carboxylic acids is 1. The van der Waals surface area contributed by atoms with E-state index in [1.807, 2.05) is 13.8 Å². The summed E-state index contributed by atoms with van der Waals surface area (Å²) in [6.07, 6.45) is 3.12. The predicted molar refractivity (Wildman–Crippen MR) is 70.0 cm³/mol. The maximum atomic E-state index is 10.3. The Kier molecular flexibility index (Phi) is 11.3. The van der Waals surface area contributed by atoms with Gasteiger partial charge in [-0.25, -0.2) is 0 Å². The Morgan fingerprint density at radius 1 is 1.24 bits per heavy atom. The quantitative estimate of drug-likeness (QED) is 0.272. The van der Waals surface area contributed by atoms with Gasteiger partial charge in [0.1, 0.15) is 0 Å². The number of unbranched alkanes of at least 4 members (excludes halogenated alkanes) is 2. The van der Waals surface area contributed by atoms with Gasteiger partial charge in [-0.3, -0.25) is 4.79 Å². The van der Waals surface area contributed by atoms with E-state index in [0.717, 1.165) is 12.8 Å². The third kappa shape index (κ3) is 8.94. The highest BCUT2D eigenvalue weighted by Crippen LogP contribution is 2.09. The highest BCUT2D eigenvalue weighted by atomic mass is 35.5. The lowest BCUT2D eigenvalue weighted by Crippen LogP contribution is -2.35.